The molecule has 6 heteroatoms. The second kappa shape index (κ2) is 8.13. The Morgan fingerprint density at radius 2 is 1.97 bits per heavy atom. The van der Waals surface area contributed by atoms with Crippen molar-refractivity contribution in [3.05, 3.63) is 62.9 Å². The number of carbonyl (C=O) groups excluding carboxylic acids is 2. The van der Waals surface area contributed by atoms with Gasteiger partial charge in [0.15, 0.2) is 0 Å². The predicted molar refractivity (Wildman–Crippen MR) is 115 cm³/mol. The van der Waals surface area contributed by atoms with Crippen LogP contribution in [0.2, 0.25) is 0 Å². The number of nitrogens with zero attached hydrogens (tertiary/aromatic N) is 1. The number of hydrogen-bond acceptors (Lipinski definition) is 5. The molecule has 2 heterocycles. The van der Waals surface area contributed by atoms with Gasteiger partial charge in [-0.2, -0.15) is 0 Å². The first-order valence-corrected chi connectivity index (χ1v) is 10.5. The van der Waals surface area contributed by atoms with Crippen molar-refractivity contribution in [2.75, 3.05) is 20.3 Å². The van der Waals surface area contributed by atoms with Gasteiger partial charge in [-0.15, -0.1) is 11.3 Å². The Bertz CT molecular complexity index is 954. The summed E-state index contributed by atoms with van der Waals surface area (Å²) in [6, 6.07) is 9.03. The third-order valence-corrected chi connectivity index (χ3v) is 6.17. The summed E-state index contributed by atoms with van der Waals surface area (Å²) < 4.78 is 5.13. The number of benzene rings is 1. The van der Waals surface area contributed by atoms with E-state index in [1.54, 1.807) is 7.11 Å². The number of aliphatic hydroxyl groups excluding tert-OH is 1. The average molecular weight is 414 g/mol. The molecule has 1 atom stereocenters. The maximum atomic E-state index is 12.9. The lowest BCUT2D eigenvalue weighted by molar-refractivity contribution is -0.140. The number of Topliss-reactive ketones (excluding diaryl/α,β-unsaturated/α-hetero) is 1. The van der Waals surface area contributed by atoms with E-state index in [4.69, 9.17) is 4.74 Å². The number of carbonyl (C=O) groups is 2. The summed E-state index contributed by atoms with van der Waals surface area (Å²) in [5, 5.41) is 13.1. The molecule has 1 unspecified atom stereocenters. The molecule has 1 aliphatic rings. The fourth-order valence-corrected chi connectivity index (χ4v) is 4.38. The van der Waals surface area contributed by atoms with Crippen LogP contribution in [0.25, 0.3) is 5.76 Å². The number of rotatable bonds is 5. The highest BCUT2D eigenvalue weighted by molar-refractivity contribution is 7.10. The molecule has 3 rings (SSSR count). The van der Waals surface area contributed by atoms with E-state index in [-0.39, 0.29) is 23.3 Å². The number of amides is 1. The van der Waals surface area contributed by atoms with E-state index < -0.39 is 17.7 Å². The summed E-state index contributed by atoms with van der Waals surface area (Å²) >= 11 is 1.46. The lowest BCUT2D eigenvalue weighted by Gasteiger charge is -2.24. The molecule has 0 bridgehead atoms. The van der Waals surface area contributed by atoms with Crippen molar-refractivity contribution in [1.82, 2.24) is 4.90 Å². The molecule has 2 aromatic rings. The van der Waals surface area contributed by atoms with Crippen LogP contribution in [-0.4, -0.2) is 42.0 Å². The molecule has 1 saturated heterocycles. The van der Waals surface area contributed by atoms with Crippen LogP contribution in [0.4, 0.5) is 0 Å². The molecule has 0 aliphatic carbocycles. The van der Waals surface area contributed by atoms with Gasteiger partial charge in [0.25, 0.3) is 11.7 Å². The fraction of sp³-hybridized carbons (Fsp3) is 0.391. The van der Waals surface area contributed by atoms with Gasteiger partial charge in [0, 0.05) is 24.1 Å². The first kappa shape index (κ1) is 21.3. The Hall–Kier alpha value is -2.44. The minimum atomic E-state index is -0.655. The molecule has 1 aliphatic heterocycles. The molecule has 1 aromatic carbocycles. The number of aliphatic hydroxyl groups is 1. The van der Waals surface area contributed by atoms with Gasteiger partial charge < -0.3 is 14.7 Å². The van der Waals surface area contributed by atoms with Crippen molar-refractivity contribution in [3.8, 4) is 0 Å². The minimum absolute atomic E-state index is 0.111. The van der Waals surface area contributed by atoms with Gasteiger partial charge in [-0.1, -0.05) is 39.0 Å². The standard InChI is InChI=1S/C23H27NO4S/c1-14-8-9-15(23(2,3)4)13-16(14)20(25)18-19(17-7-6-12-29-17)24(10-11-28-5)22(27)21(18)26/h6-9,12-13,19,25H,10-11H2,1-5H3/b20-18+. The van der Waals surface area contributed by atoms with Crippen LogP contribution in [0.3, 0.4) is 0 Å². The van der Waals surface area contributed by atoms with Gasteiger partial charge in [-0.3, -0.25) is 9.59 Å². The molecule has 0 radical (unpaired) electrons. The van der Waals surface area contributed by atoms with Gasteiger partial charge in [0.05, 0.1) is 18.2 Å². The first-order chi connectivity index (χ1) is 13.7. The molecule has 154 valence electrons. The van der Waals surface area contributed by atoms with E-state index in [1.807, 2.05) is 42.6 Å². The first-order valence-electron chi connectivity index (χ1n) is 9.59. The highest BCUT2D eigenvalue weighted by atomic mass is 32.1. The van der Waals surface area contributed by atoms with Crippen LogP contribution in [0.5, 0.6) is 0 Å². The van der Waals surface area contributed by atoms with Gasteiger partial charge in [0.1, 0.15) is 5.76 Å². The van der Waals surface area contributed by atoms with E-state index in [2.05, 4.69) is 20.8 Å². The van der Waals surface area contributed by atoms with Crippen molar-refractivity contribution in [1.29, 1.82) is 0 Å². The SMILES string of the molecule is COCCN1C(=O)C(=O)/C(=C(/O)c2cc(C(C)(C)C)ccc2C)C1c1cccs1. The van der Waals surface area contributed by atoms with E-state index in [1.165, 1.54) is 16.2 Å². The monoisotopic (exact) mass is 413 g/mol. The van der Waals surface area contributed by atoms with E-state index in [9.17, 15) is 14.7 Å². The zero-order valence-electron chi connectivity index (χ0n) is 17.5. The van der Waals surface area contributed by atoms with E-state index >= 15 is 0 Å². The topological polar surface area (TPSA) is 66.8 Å². The van der Waals surface area contributed by atoms with Crippen molar-refractivity contribution in [2.24, 2.45) is 0 Å². The van der Waals surface area contributed by atoms with Crippen molar-refractivity contribution >= 4 is 28.8 Å². The maximum Gasteiger partial charge on any atom is 0.295 e. The molecule has 1 amide bonds. The normalized spacial score (nSPS) is 19.2. The largest absolute Gasteiger partial charge is 0.507 e. The summed E-state index contributed by atoms with van der Waals surface area (Å²) in [6.45, 7) is 8.77. The summed E-state index contributed by atoms with van der Waals surface area (Å²) in [7, 11) is 1.55. The second-order valence-corrected chi connectivity index (χ2v) is 9.26. The Morgan fingerprint density at radius 3 is 2.55 bits per heavy atom. The molecule has 1 N–H and O–H groups in total. The minimum Gasteiger partial charge on any atom is -0.507 e. The average Bonchev–Trinajstić information content (AvgIpc) is 3.27. The number of thiophene rings is 1. The molecule has 1 aromatic heterocycles. The van der Waals surface area contributed by atoms with E-state index in [0.717, 1.165) is 16.0 Å². The lowest BCUT2D eigenvalue weighted by atomic mass is 9.84. The van der Waals surface area contributed by atoms with Crippen molar-refractivity contribution in [3.63, 3.8) is 0 Å². The molecule has 0 saturated carbocycles. The molecular weight excluding hydrogens is 386 g/mol. The fourth-order valence-electron chi connectivity index (χ4n) is 3.53. The second-order valence-electron chi connectivity index (χ2n) is 8.28. The van der Waals surface area contributed by atoms with Crippen LogP contribution < -0.4 is 0 Å². The van der Waals surface area contributed by atoms with Crippen molar-refractivity contribution < 1.29 is 19.4 Å². The number of ether oxygens (including phenoxy) is 1. The quantitative estimate of drug-likeness (QED) is 0.448. The van der Waals surface area contributed by atoms with Gasteiger partial charge in [0.2, 0.25) is 0 Å². The summed E-state index contributed by atoms with van der Waals surface area (Å²) in [5.41, 5.74) is 2.52. The zero-order chi connectivity index (χ0) is 21.3. The van der Waals surface area contributed by atoms with Crippen LogP contribution >= 0.6 is 11.3 Å². The Labute approximate surface area is 175 Å². The Kier molecular flexibility index (Phi) is 5.96. The Morgan fingerprint density at radius 1 is 1.24 bits per heavy atom. The molecule has 0 spiro atoms. The molecule has 5 nitrogen and oxygen atoms in total. The van der Waals surface area contributed by atoms with Gasteiger partial charge >= 0.3 is 0 Å². The predicted octanol–water partition coefficient (Wildman–Crippen LogP) is 4.42. The zero-order valence-corrected chi connectivity index (χ0v) is 18.3. The number of likely N-dealkylation sites (tertiary alicyclic amines) is 1. The van der Waals surface area contributed by atoms with Gasteiger partial charge in [-0.25, -0.2) is 0 Å². The maximum absolute atomic E-state index is 12.9. The number of aryl methyl sites for hydroxylation is 1. The summed E-state index contributed by atoms with van der Waals surface area (Å²) in [5.74, 6) is -1.38. The van der Waals surface area contributed by atoms with Gasteiger partial charge in [-0.05, 0) is 41.0 Å². The highest BCUT2D eigenvalue weighted by Gasteiger charge is 2.46. The third-order valence-electron chi connectivity index (χ3n) is 5.25. The highest BCUT2D eigenvalue weighted by Crippen LogP contribution is 2.41. The number of methoxy groups -OCH3 is 1. The van der Waals surface area contributed by atoms with Crippen molar-refractivity contribution in [2.45, 2.75) is 39.2 Å². The lowest BCUT2D eigenvalue weighted by Crippen LogP contribution is -2.32. The summed E-state index contributed by atoms with van der Waals surface area (Å²) in [6.07, 6.45) is 0. The van der Waals surface area contributed by atoms with Crippen LogP contribution in [-0.2, 0) is 19.7 Å². The number of hydrogen-bond donors (Lipinski definition) is 1. The smallest absolute Gasteiger partial charge is 0.295 e. The molecular formula is C23H27NO4S. The van der Waals surface area contributed by atoms with Crippen LogP contribution in [0.1, 0.15) is 48.4 Å². The van der Waals surface area contributed by atoms with Crippen LogP contribution in [0, 0.1) is 6.92 Å². The van der Waals surface area contributed by atoms with E-state index in [0.29, 0.717) is 12.2 Å². The number of ketones is 1. The molecule has 29 heavy (non-hydrogen) atoms. The third kappa shape index (κ3) is 4.00. The Balaban J connectivity index is 2.19. The molecule has 1 fully saturated rings. The summed E-state index contributed by atoms with van der Waals surface area (Å²) in [4.78, 5) is 28.0. The van der Waals surface area contributed by atoms with Crippen LogP contribution in [0.15, 0.2) is 41.3 Å².